The molecule has 0 bridgehead atoms. The van der Waals surface area contributed by atoms with Gasteiger partial charge in [-0.1, -0.05) is 6.92 Å². The molecule has 0 saturated heterocycles. The van der Waals surface area contributed by atoms with Crippen LogP contribution < -0.4 is 0 Å². The van der Waals surface area contributed by atoms with Crippen molar-refractivity contribution in [2.75, 3.05) is 0 Å². The molecule has 1 saturated carbocycles. The van der Waals surface area contributed by atoms with E-state index in [4.69, 9.17) is 0 Å². The lowest BCUT2D eigenvalue weighted by Gasteiger charge is -2.02. The fourth-order valence-electron chi connectivity index (χ4n) is 1.76. The zero-order chi connectivity index (χ0) is 9.26. The van der Waals surface area contributed by atoms with Gasteiger partial charge < -0.3 is 0 Å². The van der Waals surface area contributed by atoms with Crippen molar-refractivity contribution in [1.29, 1.82) is 0 Å². The molecule has 68 valence electrons. The molecule has 0 aromatic heterocycles. The Balaban J connectivity index is 2.11. The SMILES string of the molecule is CCc1ccc([C+](C)C2CC2)cc1. The van der Waals surface area contributed by atoms with Gasteiger partial charge in [-0.25, -0.2) is 0 Å². The Kier molecular flexibility index (Phi) is 2.30. The fourth-order valence-corrected chi connectivity index (χ4v) is 1.76. The van der Waals surface area contributed by atoms with Gasteiger partial charge in [0.05, 0.1) is 0 Å². The molecule has 1 aromatic carbocycles. The van der Waals surface area contributed by atoms with Crippen molar-refractivity contribution in [2.45, 2.75) is 33.1 Å². The van der Waals surface area contributed by atoms with Crippen LogP contribution in [0.3, 0.4) is 0 Å². The lowest BCUT2D eigenvalue weighted by atomic mass is 9.95. The lowest BCUT2D eigenvalue weighted by molar-refractivity contribution is 0.875. The summed E-state index contributed by atoms with van der Waals surface area (Å²) in [4.78, 5) is 0. The normalized spacial score (nSPS) is 15.8. The van der Waals surface area contributed by atoms with Gasteiger partial charge in [0.15, 0.2) is 0 Å². The van der Waals surface area contributed by atoms with E-state index in [9.17, 15) is 0 Å². The molecule has 0 spiro atoms. The predicted molar refractivity (Wildman–Crippen MR) is 56.6 cm³/mol. The maximum absolute atomic E-state index is 2.28. The van der Waals surface area contributed by atoms with Crippen molar-refractivity contribution in [1.82, 2.24) is 0 Å². The van der Waals surface area contributed by atoms with E-state index in [1.165, 1.54) is 24.0 Å². The Morgan fingerprint density at radius 1 is 1.23 bits per heavy atom. The van der Waals surface area contributed by atoms with E-state index in [2.05, 4.69) is 38.1 Å². The average Bonchev–Trinajstić information content (AvgIpc) is 3.00. The minimum atomic E-state index is 0.896. The first-order chi connectivity index (χ1) is 6.31. The van der Waals surface area contributed by atoms with Crippen LogP contribution in [0, 0.1) is 11.8 Å². The first-order valence-electron chi connectivity index (χ1n) is 5.24. The van der Waals surface area contributed by atoms with E-state index < -0.39 is 0 Å². The summed E-state index contributed by atoms with van der Waals surface area (Å²) in [7, 11) is 0. The van der Waals surface area contributed by atoms with Crippen molar-refractivity contribution < 1.29 is 0 Å². The molecule has 1 aliphatic rings. The summed E-state index contributed by atoms with van der Waals surface area (Å²) >= 11 is 0. The maximum atomic E-state index is 2.28. The molecule has 0 N–H and O–H groups in total. The number of aryl methyl sites for hydroxylation is 1. The molecule has 13 heavy (non-hydrogen) atoms. The molecule has 0 nitrogen and oxygen atoms in total. The molecule has 2 rings (SSSR count). The molecule has 0 unspecified atom stereocenters. The largest absolute Gasteiger partial charge is 0.132 e. The molecular weight excluding hydrogens is 156 g/mol. The van der Waals surface area contributed by atoms with Crippen molar-refractivity contribution in [3.8, 4) is 0 Å². The van der Waals surface area contributed by atoms with Crippen LogP contribution in [-0.2, 0) is 6.42 Å². The van der Waals surface area contributed by atoms with E-state index in [1.54, 1.807) is 5.92 Å². The minimum Gasteiger partial charge on any atom is -0.0612 e. The van der Waals surface area contributed by atoms with Gasteiger partial charge in [-0.05, 0) is 37.0 Å². The molecule has 0 atom stereocenters. The van der Waals surface area contributed by atoms with Crippen LogP contribution in [0.5, 0.6) is 0 Å². The Bertz CT molecular complexity index is 267. The number of hydrogen-bond acceptors (Lipinski definition) is 0. The van der Waals surface area contributed by atoms with Gasteiger partial charge in [0, 0.05) is 30.9 Å². The second-order valence-electron chi connectivity index (χ2n) is 4.01. The van der Waals surface area contributed by atoms with E-state index in [1.807, 2.05) is 0 Å². The lowest BCUT2D eigenvalue weighted by Crippen LogP contribution is -1.96. The van der Waals surface area contributed by atoms with Crippen LogP contribution in [-0.4, -0.2) is 0 Å². The molecular formula is C13H17+. The zero-order valence-electron chi connectivity index (χ0n) is 8.51. The van der Waals surface area contributed by atoms with Gasteiger partial charge in [-0.2, -0.15) is 0 Å². The summed E-state index contributed by atoms with van der Waals surface area (Å²) in [6.07, 6.45) is 3.95. The van der Waals surface area contributed by atoms with Crippen molar-refractivity contribution in [3.05, 3.63) is 41.3 Å². The highest BCUT2D eigenvalue weighted by atomic mass is 14.3. The molecule has 0 radical (unpaired) electrons. The third kappa shape index (κ3) is 1.88. The molecule has 0 amide bonds. The second kappa shape index (κ2) is 3.45. The van der Waals surface area contributed by atoms with Gasteiger partial charge in [0.1, 0.15) is 5.56 Å². The molecule has 0 aliphatic heterocycles. The molecule has 1 aromatic rings. The maximum Gasteiger partial charge on any atom is 0.132 e. The van der Waals surface area contributed by atoms with Crippen molar-refractivity contribution in [3.63, 3.8) is 0 Å². The third-order valence-corrected chi connectivity index (χ3v) is 3.01. The predicted octanol–water partition coefficient (Wildman–Crippen LogP) is 3.60. The Labute approximate surface area is 81.0 Å². The molecule has 0 heterocycles. The van der Waals surface area contributed by atoms with Gasteiger partial charge in [0.25, 0.3) is 0 Å². The number of benzene rings is 1. The van der Waals surface area contributed by atoms with Gasteiger partial charge in [-0.3, -0.25) is 0 Å². The van der Waals surface area contributed by atoms with E-state index in [-0.39, 0.29) is 0 Å². The van der Waals surface area contributed by atoms with Crippen LogP contribution in [0.1, 0.15) is 37.8 Å². The van der Waals surface area contributed by atoms with Gasteiger partial charge >= 0.3 is 0 Å². The second-order valence-corrected chi connectivity index (χ2v) is 4.01. The fraction of sp³-hybridized carbons (Fsp3) is 0.462. The Hall–Kier alpha value is -0.910. The highest BCUT2D eigenvalue weighted by molar-refractivity contribution is 5.34. The number of rotatable bonds is 3. The molecule has 1 aliphatic carbocycles. The summed E-state index contributed by atoms with van der Waals surface area (Å²) in [5, 5.41) is 0. The van der Waals surface area contributed by atoms with Gasteiger partial charge in [0.2, 0.25) is 0 Å². The molecule has 1 fully saturated rings. The van der Waals surface area contributed by atoms with Crippen LogP contribution >= 0.6 is 0 Å². The zero-order valence-corrected chi connectivity index (χ0v) is 8.51. The summed E-state index contributed by atoms with van der Waals surface area (Å²) in [6, 6.07) is 9.04. The monoisotopic (exact) mass is 173 g/mol. The first kappa shape index (κ1) is 8.68. The van der Waals surface area contributed by atoms with Crippen molar-refractivity contribution in [2.24, 2.45) is 5.92 Å². The number of hydrogen-bond donors (Lipinski definition) is 0. The first-order valence-corrected chi connectivity index (χ1v) is 5.24. The highest BCUT2D eigenvalue weighted by Crippen LogP contribution is 2.41. The molecule has 0 heteroatoms. The Morgan fingerprint density at radius 3 is 2.31 bits per heavy atom. The topological polar surface area (TPSA) is 0 Å². The van der Waals surface area contributed by atoms with E-state index in [0.717, 1.165) is 12.3 Å². The summed E-state index contributed by atoms with van der Waals surface area (Å²) in [6.45, 7) is 4.48. The van der Waals surface area contributed by atoms with Crippen LogP contribution in [0.2, 0.25) is 0 Å². The summed E-state index contributed by atoms with van der Waals surface area (Å²) < 4.78 is 0. The minimum absolute atomic E-state index is 0.896. The van der Waals surface area contributed by atoms with E-state index >= 15 is 0 Å². The highest BCUT2D eigenvalue weighted by Gasteiger charge is 2.34. The summed E-state index contributed by atoms with van der Waals surface area (Å²) in [5.74, 6) is 2.48. The average molecular weight is 173 g/mol. The van der Waals surface area contributed by atoms with Crippen LogP contribution in [0.25, 0.3) is 0 Å². The van der Waals surface area contributed by atoms with E-state index in [0.29, 0.717) is 0 Å². The standard InChI is InChI=1S/C13H17/c1-3-11-4-6-12(7-5-11)10(2)13-8-9-13/h4-7,13H,3,8-9H2,1-2H3/q+1. The van der Waals surface area contributed by atoms with Crippen molar-refractivity contribution >= 4 is 0 Å². The van der Waals surface area contributed by atoms with Gasteiger partial charge in [-0.15, -0.1) is 0 Å². The third-order valence-electron chi connectivity index (χ3n) is 3.01. The summed E-state index contributed by atoms with van der Waals surface area (Å²) in [5.41, 5.74) is 2.88. The quantitative estimate of drug-likeness (QED) is 0.613. The smallest absolute Gasteiger partial charge is 0.0612 e. The Morgan fingerprint density at radius 2 is 1.85 bits per heavy atom. The van der Waals surface area contributed by atoms with Crippen LogP contribution in [0.4, 0.5) is 0 Å². The van der Waals surface area contributed by atoms with Crippen LogP contribution in [0.15, 0.2) is 24.3 Å².